The van der Waals surface area contributed by atoms with Crippen LogP contribution in [0.5, 0.6) is 0 Å². The number of hydrogen-bond donors (Lipinski definition) is 0. The second kappa shape index (κ2) is 11.9. The van der Waals surface area contributed by atoms with Crippen molar-refractivity contribution in [3.8, 4) is 56.4 Å². The molecule has 0 bridgehead atoms. The minimum atomic E-state index is 0.618. The van der Waals surface area contributed by atoms with Gasteiger partial charge in [-0.25, -0.2) is 15.0 Å². The van der Waals surface area contributed by atoms with E-state index in [0.29, 0.717) is 17.5 Å². The van der Waals surface area contributed by atoms with E-state index < -0.39 is 0 Å². The summed E-state index contributed by atoms with van der Waals surface area (Å²) < 4.78 is 6.35. The molecule has 0 amide bonds. The van der Waals surface area contributed by atoms with E-state index >= 15 is 0 Å². The van der Waals surface area contributed by atoms with Crippen LogP contribution in [0.3, 0.4) is 0 Å². The Balaban J connectivity index is 1.29. The van der Waals surface area contributed by atoms with Gasteiger partial charge in [-0.05, 0) is 58.7 Å². The first kappa shape index (κ1) is 29.8. The minimum Gasteiger partial charge on any atom is -0.456 e. The summed E-state index contributed by atoms with van der Waals surface area (Å²) in [6.45, 7) is 0. The number of nitrogens with zero attached hydrogens (tertiary/aromatic N) is 3. The summed E-state index contributed by atoms with van der Waals surface area (Å²) in [6.07, 6.45) is 0. The fourth-order valence-corrected chi connectivity index (χ4v) is 6.82. The predicted molar refractivity (Wildman–Crippen MR) is 215 cm³/mol. The summed E-state index contributed by atoms with van der Waals surface area (Å²) in [6, 6.07) is 41.7. The molecule has 0 atom stereocenters. The van der Waals surface area contributed by atoms with E-state index in [1.54, 1.807) is 0 Å². The minimum absolute atomic E-state index is 0.618. The number of aromatic nitrogens is 3. The SMILES string of the molecule is Bc1c(B)c(B)c(-c2ccc3oc4ccc(-c5nc(-c6ccccc6)nc(-c6cccc(-c7ccccc7)c6)n5)cc4c3c2)c(B)c1B. The summed E-state index contributed by atoms with van der Waals surface area (Å²) in [7, 11) is 11.1. The van der Waals surface area contributed by atoms with Crippen LogP contribution in [0, 0.1) is 0 Å². The van der Waals surface area contributed by atoms with Crippen molar-refractivity contribution in [1.82, 2.24) is 15.0 Å². The van der Waals surface area contributed by atoms with Crippen LogP contribution >= 0.6 is 0 Å². The van der Waals surface area contributed by atoms with Crippen LogP contribution < -0.4 is 27.3 Å². The Morgan fingerprint density at radius 3 is 1.40 bits per heavy atom. The lowest BCUT2D eigenvalue weighted by molar-refractivity contribution is 0.669. The molecule has 0 aliphatic heterocycles. The van der Waals surface area contributed by atoms with Gasteiger partial charge in [-0.2, -0.15) is 0 Å². The summed E-state index contributed by atoms with van der Waals surface area (Å²) in [5.74, 6) is 1.89. The van der Waals surface area contributed by atoms with Crippen LogP contribution in [0.4, 0.5) is 0 Å². The van der Waals surface area contributed by atoms with Crippen LogP contribution in [0.1, 0.15) is 0 Å². The lowest BCUT2D eigenvalue weighted by atomic mass is 9.59. The van der Waals surface area contributed by atoms with E-state index in [2.05, 4.69) is 112 Å². The third-order valence-corrected chi connectivity index (χ3v) is 9.91. The predicted octanol–water partition coefficient (Wildman–Crippen LogP) is 1.40. The summed E-state index contributed by atoms with van der Waals surface area (Å²) >= 11 is 0. The Labute approximate surface area is 284 Å². The van der Waals surface area contributed by atoms with Gasteiger partial charge in [-0.15, -0.1) is 16.4 Å². The molecule has 0 saturated heterocycles. The van der Waals surface area contributed by atoms with Crippen LogP contribution in [0.15, 0.2) is 126 Å². The molecule has 2 aromatic heterocycles. The zero-order valence-electron chi connectivity index (χ0n) is 27.8. The maximum atomic E-state index is 6.35. The highest BCUT2D eigenvalue weighted by Crippen LogP contribution is 2.35. The molecule has 0 unspecified atom stereocenters. The molecule has 0 fully saturated rings. The number of rotatable bonds is 5. The Kier molecular flexibility index (Phi) is 7.41. The van der Waals surface area contributed by atoms with Crippen LogP contribution in [0.25, 0.3) is 78.4 Å². The molecule has 0 radical (unpaired) electrons. The van der Waals surface area contributed by atoms with Crippen molar-refractivity contribution < 1.29 is 4.42 Å². The average molecular weight is 611 g/mol. The third kappa shape index (κ3) is 5.16. The van der Waals surface area contributed by atoms with Crippen molar-refractivity contribution in [2.24, 2.45) is 0 Å². The molecular weight excluding hydrogens is 581 g/mol. The lowest BCUT2D eigenvalue weighted by Crippen LogP contribution is -2.55. The molecule has 0 spiro atoms. The van der Waals surface area contributed by atoms with Gasteiger partial charge in [0.2, 0.25) is 0 Å². The van der Waals surface area contributed by atoms with Gasteiger partial charge in [0.05, 0.1) is 0 Å². The lowest BCUT2D eigenvalue weighted by Gasteiger charge is -2.20. The molecule has 8 rings (SSSR count). The molecule has 4 nitrogen and oxygen atoms in total. The quantitative estimate of drug-likeness (QED) is 0.277. The molecule has 0 N–H and O–H groups in total. The van der Waals surface area contributed by atoms with Crippen LogP contribution in [-0.2, 0) is 0 Å². The highest BCUT2D eigenvalue weighted by atomic mass is 16.3. The fraction of sp³-hybridized carbons (Fsp3) is 0. The van der Waals surface area contributed by atoms with Gasteiger partial charge in [0, 0.05) is 27.5 Å². The van der Waals surface area contributed by atoms with Crippen molar-refractivity contribution in [2.75, 3.05) is 0 Å². The first-order valence-electron chi connectivity index (χ1n) is 16.4. The third-order valence-electron chi connectivity index (χ3n) is 9.91. The Hall–Kier alpha value is -5.55. The number of furan rings is 1. The standard InChI is InChI=1S/C39H30B5N3O/c40-32-31(33(41)35(43)36(44)34(32)42)24-14-16-29-27(19-24)28-20-26(15-17-30(28)48-29)39-46-37(22-10-5-2-6-11-22)45-38(47-39)25-13-7-12-23(18-25)21-8-3-1-4-9-21/h1-20H,40-44H2. The first-order valence-corrected chi connectivity index (χ1v) is 16.4. The normalized spacial score (nSPS) is 11.3. The molecule has 222 valence electrons. The molecule has 0 aliphatic carbocycles. The van der Waals surface area contributed by atoms with Crippen molar-refractivity contribution in [1.29, 1.82) is 0 Å². The number of hydrogen-bond acceptors (Lipinski definition) is 4. The largest absolute Gasteiger partial charge is 0.456 e. The molecule has 6 aromatic carbocycles. The van der Waals surface area contributed by atoms with E-state index in [0.717, 1.165) is 49.8 Å². The van der Waals surface area contributed by atoms with Crippen molar-refractivity contribution in [2.45, 2.75) is 0 Å². The van der Waals surface area contributed by atoms with Crippen LogP contribution in [-0.4, -0.2) is 54.2 Å². The molecule has 8 aromatic rings. The van der Waals surface area contributed by atoms with Gasteiger partial charge < -0.3 is 4.42 Å². The highest BCUT2D eigenvalue weighted by molar-refractivity contribution is 6.68. The fourth-order valence-electron chi connectivity index (χ4n) is 6.82. The van der Waals surface area contributed by atoms with E-state index in [9.17, 15) is 0 Å². The van der Waals surface area contributed by atoms with Gasteiger partial charge in [-0.3, -0.25) is 0 Å². The van der Waals surface area contributed by atoms with Gasteiger partial charge in [-0.1, -0.05) is 95.9 Å². The first-order chi connectivity index (χ1) is 23.4. The smallest absolute Gasteiger partial charge is 0.164 e. The molecule has 48 heavy (non-hydrogen) atoms. The maximum absolute atomic E-state index is 6.35. The van der Waals surface area contributed by atoms with Crippen LogP contribution in [0.2, 0.25) is 0 Å². The molecular formula is C39H30B5N3O. The molecule has 0 saturated carbocycles. The topological polar surface area (TPSA) is 51.8 Å². The van der Waals surface area contributed by atoms with E-state index in [-0.39, 0.29) is 0 Å². The van der Waals surface area contributed by atoms with Crippen molar-refractivity contribution in [3.05, 3.63) is 121 Å². The van der Waals surface area contributed by atoms with Gasteiger partial charge in [0.15, 0.2) is 17.5 Å². The number of fused-ring (bicyclic) bond motifs is 3. The highest BCUT2D eigenvalue weighted by Gasteiger charge is 2.17. The van der Waals surface area contributed by atoms with Gasteiger partial charge in [0.1, 0.15) is 50.4 Å². The molecule has 0 aliphatic rings. The second-order valence-electron chi connectivity index (χ2n) is 12.6. The Bertz CT molecular complexity index is 2490. The molecule has 9 heteroatoms. The van der Waals surface area contributed by atoms with Gasteiger partial charge >= 0.3 is 0 Å². The second-order valence-corrected chi connectivity index (χ2v) is 12.6. The average Bonchev–Trinajstić information content (AvgIpc) is 3.51. The van der Waals surface area contributed by atoms with E-state index in [1.807, 2.05) is 48.5 Å². The van der Waals surface area contributed by atoms with Gasteiger partial charge in [0.25, 0.3) is 0 Å². The monoisotopic (exact) mass is 611 g/mol. The zero-order chi connectivity index (χ0) is 32.9. The Morgan fingerprint density at radius 1 is 0.354 bits per heavy atom. The maximum Gasteiger partial charge on any atom is 0.164 e. The van der Waals surface area contributed by atoms with E-state index in [1.165, 1.54) is 38.4 Å². The summed E-state index contributed by atoms with van der Waals surface area (Å²) in [5, 5.41) is 2.11. The van der Waals surface area contributed by atoms with E-state index in [4.69, 9.17) is 19.4 Å². The van der Waals surface area contributed by atoms with Crippen molar-refractivity contribution in [3.63, 3.8) is 0 Å². The Morgan fingerprint density at radius 2 is 0.792 bits per heavy atom. The number of benzene rings is 6. The molecule has 2 heterocycles. The summed E-state index contributed by atoms with van der Waals surface area (Å²) in [4.78, 5) is 15.1. The summed E-state index contributed by atoms with van der Waals surface area (Å²) in [5.41, 5.74) is 16.0. The van der Waals surface area contributed by atoms with Crippen molar-refractivity contribution >= 4 is 88.5 Å². The zero-order valence-corrected chi connectivity index (χ0v) is 27.8.